The normalized spacial score (nSPS) is 10.1. The number of para-hydroxylation sites is 3. The molecule has 2 N–H and O–H groups in total. The van der Waals surface area contributed by atoms with E-state index in [0.717, 1.165) is 11.3 Å². The molecule has 0 aliphatic heterocycles. The Kier molecular flexibility index (Phi) is 3.72. The molecular weight excluding hydrogens is 226 g/mol. The fraction of sp³-hybridized carbons (Fsp3) is 0.200. The van der Waals surface area contributed by atoms with Crippen molar-refractivity contribution in [3.05, 3.63) is 48.0 Å². The van der Waals surface area contributed by atoms with Crippen LogP contribution in [0.2, 0.25) is 0 Å². The van der Waals surface area contributed by atoms with Crippen molar-refractivity contribution in [1.29, 1.82) is 0 Å². The second kappa shape index (κ2) is 5.45. The Morgan fingerprint density at radius 2 is 1.61 bits per heavy atom. The number of nitrogens with two attached hydrogens (primary N) is 1. The molecule has 0 radical (unpaired) electrons. The van der Waals surface area contributed by atoms with Crippen LogP contribution >= 0.6 is 0 Å². The van der Waals surface area contributed by atoms with Crippen molar-refractivity contribution < 1.29 is 9.47 Å². The van der Waals surface area contributed by atoms with E-state index in [2.05, 4.69) is 0 Å². The number of nitrogen functional groups attached to an aromatic ring is 1. The van der Waals surface area contributed by atoms with E-state index in [-0.39, 0.29) is 0 Å². The third-order valence-corrected chi connectivity index (χ3v) is 2.65. The van der Waals surface area contributed by atoms with Crippen LogP contribution in [0.3, 0.4) is 0 Å². The molecule has 2 rings (SSSR count). The lowest BCUT2D eigenvalue weighted by atomic mass is 10.2. The van der Waals surface area contributed by atoms with Gasteiger partial charge < -0.3 is 15.2 Å². The highest BCUT2D eigenvalue weighted by Crippen LogP contribution is 2.34. The van der Waals surface area contributed by atoms with E-state index >= 15 is 0 Å². The van der Waals surface area contributed by atoms with Crippen LogP contribution in [0.1, 0.15) is 12.5 Å². The summed E-state index contributed by atoms with van der Waals surface area (Å²) < 4.78 is 11.3. The predicted molar refractivity (Wildman–Crippen MR) is 73.3 cm³/mol. The van der Waals surface area contributed by atoms with E-state index < -0.39 is 0 Å². The van der Waals surface area contributed by atoms with Crippen LogP contribution in [0.5, 0.6) is 17.2 Å². The summed E-state index contributed by atoms with van der Waals surface area (Å²) in [7, 11) is 0. The highest BCUT2D eigenvalue weighted by Gasteiger charge is 2.08. The summed E-state index contributed by atoms with van der Waals surface area (Å²) >= 11 is 0. The molecule has 3 heteroatoms. The molecule has 0 bridgehead atoms. The average Bonchev–Trinajstić information content (AvgIpc) is 2.37. The second-order valence-corrected chi connectivity index (χ2v) is 3.97. The molecule has 0 spiro atoms. The topological polar surface area (TPSA) is 44.5 Å². The van der Waals surface area contributed by atoms with Gasteiger partial charge in [0.2, 0.25) is 0 Å². The molecule has 0 amide bonds. The molecule has 0 aliphatic carbocycles. The molecule has 2 aromatic carbocycles. The lowest BCUT2D eigenvalue weighted by molar-refractivity contribution is 0.321. The summed E-state index contributed by atoms with van der Waals surface area (Å²) in [5.41, 5.74) is 7.65. The van der Waals surface area contributed by atoms with Crippen LogP contribution < -0.4 is 15.2 Å². The summed E-state index contributed by atoms with van der Waals surface area (Å²) in [5, 5.41) is 0. The molecular formula is C15H17NO2. The van der Waals surface area contributed by atoms with Gasteiger partial charge in [-0.3, -0.25) is 0 Å². The molecule has 0 aromatic heterocycles. The van der Waals surface area contributed by atoms with Gasteiger partial charge in [0.05, 0.1) is 12.3 Å². The lowest BCUT2D eigenvalue weighted by Crippen LogP contribution is -1.97. The van der Waals surface area contributed by atoms with Gasteiger partial charge in [0.1, 0.15) is 0 Å². The first-order chi connectivity index (χ1) is 8.72. The largest absolute Gasteiger partial charge is 0.490 e. The molecule has 18 heavy (non-hydrogen) atoms. The Hall–Kier alpha value is -2.16. The summed E-state index contributed by atoms with van der Waals surface area (Å²) in [5.74, 6) is 2.06. The van der Waals surface area contributed by atoms with Gasteiger partial charge in [-0.25, -0.2) is 0 Å². The van der Waals surface area contributed by atoms with Crippen LogP contribution in [0, 0.1) is 6.92 Å². The minimum atomic E-state index is 0.601. The first-order valence-corrected chi connectivity index (χ1v) is 5.97. The monoisotopic (exact) mass is 243 g/mol. The third-order valence-electron chi connectivity index (χ3n) is 2.65. The number of hydrogen-bond donors (Lipinski definition) is 1. The Labute approximate surface area is 107 Å². The van der Waals surface area contributed by atoms with E-state index in [9.17, 15) is 0 Å². The maximum atomic E-state index is 5.99. The molecule has 0 heterocycles. The Balaban J connectivity index is 2.31. The number of benzene rings is 2. The molecule has 0 unspecified atom stereocenters. The molecule has 0 saturated carbocycles. The van der Waals surface area contributed by atoms with Gasteiger partial charge in [-0.2, -0.15) is 0 Å². The molecule has 0 saturated heterocycles. The molecule has 2 aromatic rings. The van der Waals surface area contributed by atoms with Crippen LogP contribution in [0.15, 0.2) is 42.5 Å². The molecule has 3 nitrogen and oxygen atoms in total. The lowest BCUT2D eigenvalue weighted by Gasteiger charge is -2.13. The zero-order valence-electron chi connectivity index (χ0n) is 10.6. The Bertz CT molecular complexity index is 538. The molecule has 0 atom stereocenters. The Morgan fingerprint density at radius 1 is 0.944 bits per heavy atom. The van der Waals surface area contributed by atoms with Crippen molar-refractivity contribution in [3.63, 3.8) is 0 Å². The third kappa shape index (κ3) is 2.56. The fourth-order valence-corrected chi connectivity index (χ4v) is 1.67. The van der Waals surface area contributed by atoms with E-state index in [1.807, 2.05) is 56.3 Å². The van der Waals surface area contributed by atoms with E-state index in [1.54, 1.807) is 0 Å². The standard InChI is InChI=1S/C15H17NO2/c1-3-17-12-8-4-5-9-13(12)18-14-10-6-7-11(2)15(14)16/h4-10H,3,16H2,1-2H3. The Morgan fingerprint density at radius 3 is 2.33 bits per heavy atom. The van der Waals surface area contributed by atoms with Gasteiger partial charge in [-0.15, -0.1) is 0 Å². The van der Waals surface area contributed by atoms with Gasteiger partial charge in [-0.1, -0.05) is 24.3 Å². The second-order valence-electron chi connectivity index (χ2n) is 3.97. The molecule has 0 aliphatic rings. The van der Waals surface area contributed by atoms with Crippen LogP contribution in [0.4, 0.5) is 5.69 Å². The average molecular weight is 243 g/mol. The van der Waals surface area contributed by atoms with Crippen LogP contribution in [-0.4, -0.2) is 6.61 Å². The quantitative estimate of drug-likeness (QED) is 0.831. The number of hydrogen-bond acceptors (Lipinski definition) is 3. The maximum Gasteiger partial charge on any atom is 0.169 e. The highest BCUT2D eigenvalue weighted by molar-refractivity contribution is 5.59. The van der Waals surface area contributed by atoms with Crippen molar-refractivity contribution in [3.8, 4) is 17.2 Å². The summed E-state index contributed by atoms with van der Waals surface area (Å²) in [6.45, 7) is 4.50. The van der Waals surface area contributed by atoms with E-state index in [0.29, 0.717) is 23.8 Å². The first-order valence-electron chi connectivity index (χ1n) is 5.97. The van der Waals surface area contributed by atoms with Gasteiger partial charge >= 0.3 is 0 Å². The van der Waals surface area contributed by atoms with Crippen molar-refractivity contribution in [1.82, 2.24) is 0 Å². The molecule has 0 fully saturated rings. The van der Waals surface area contributed by atoms with Gasteiger partial charge in [0.25, 0.3) is 0 Å². The number of ether oxygens (including phenoxy) is 2. The first kappa shape index (κ1) is 12.3. The van der Waals surface area contributed by atoms with E-state index in [4.69, 9.17) is 15.2 Å². The van der Waals surface area contributed by atoms with Crippen molar-refractivity contribution in [2.24, 2.45) is 0 Å². The molecule has 94 valence electrons. The summed E-state index contributed by atoms with van der Waals surface area (Å²) in [6, 6.07) is 13.3. The zero-order valence-corrected chi connectivity index (χ0v) is 10.6. The van der Waals surface area contributed by atoms with Gasteiger partial charge in [0.15, 0.2) is 17.2 Å². The van der Waals surface area contributed by atoms with Crippen LogP contribution in [-0.2, 0) is 0 Å². The van der Waals surface area contributed by atoms with Crippen molar-refractivity contribution in [2.75, 3.05) is 12.3 Å². The van der Waals surface area contributed by atoms with Gasteiger partial charge in [0, 0.05) is 0 Å². The minimum absolute atomic E-state index is 0.601. The zero-order chi connectivity index (χ0) is 13.0. The summed E-state index contributed by atoms with van der Waals surface area (Å²) in [4.78, 5) is 0. The van der Waals surface area contributed by atoms with Crippen molar-refractivity contribution in [2.45, 2.75) is 13.8 Å². The van der Waals surface area contributed by atoms with E-state index in [1.165, 1.54) is 0 Å². The van der Waals surface area contributed by atoms with Gasteiger partial charge in [-0.05, 0) is 37.6 Å². The smallest absolute Gasteiger partial charge is 0.169 e. The SMILES string of the molecule is CCOc1ccccc1Oc1cccc(C)c1N. The number of anilines is 1. The van der Waals surface area contributed by atoms with Crippen molar-refractivity contribution >= 4 is 5.69 Å². The van der Waals surface area contributed by atoms with Crippen LogP contribution in [0.25, 0.3) is 0 Å². The highest BCUT2D eigenvalue weighted by atomic mass is 16.5. The predicted octanol–water partition coefficient (Wildman–Crippen LogP) is 3.77. The maximum absolute atomic E-state index is 5.99. The fourth-order valence-electron chi connectivity index (χ4n) is 1.67. The minimum Gasteiger partial charge on any atom is -0.490 e. The number of aryl methyl sites for hydroxylation is 1. The summed E-state index contributed by atoms with van der Waals surface area (Å²) in [6.07, 6.45) is 0. The number of rotatable bonds is 4.